The number of anilines is 2. The lowest BCUT2D eigenvalue weighted by Crippen LogP contribution is -2.14. The van der Waals surface area contributed by atoms with E-state index in [9.17, 15) is 4.79 Å². The van der Waals surface area contributed by atoms with E-state index >= 15 is 0 Å². The van der Waals surface area contributed by atoms with Gasteiger partial charge in [0.25, 0.3) is 5.91 Å². The summed E-state index contributed by atoms with van der Waals surface area (Å²) in [5.74, 6) is 5.52. The van der Waals surface area contributed by atoms with E-state index in [4.69, 9.17) is 5.84 Å². The summed E-state index contributed by atoms with van der Waals surface area (Å²) >= 11 is 3.43. The first-order valence-electron chi connectivity index (χ1n) is 5.61. The van der Waals surface area contributed by atoms with Gasteiger partial charge in [0.2, 0.25) is 0 Å². The summed E-state index contributed by atoms with van der Waals surface area (Å²) in [6.07, 6.45) is 1.47. The zero-order valence-corrected chi connectivity index (χ0v) is 11.9. The minimum absolute atomic E-state index is 0.211. The molecule has 0 bridgehead atoms. The molecule has 0 saturated carbocycles. The van der Waals surface area contributed by atoms with Crippen molar-refractivity contribution in [2.24, 2.45) is 5.84 Å². The van der Waals surface area contributed by atoms with Gasteiger partial charge < -0.3 is 10.7 Å². The van der Waals surface area contributed by atoms with E-state index < -0.39 is 0 Å². The van der Waals surface area contributed by atoms with E-state index in [2.05, 4.69) is 31.7 Å². The number of pyridine rings is 1. The highest BCUT2D eigenvalue weighted by molar-refractivity contribution is 9.10. The fourth-order valence-corrected chi connectivity index (χ4v) is 1.92. The molecule has 0 fully saturated rings. The van der Waals surface area contributed by atoms with Crippen LogP contribution in [0.4, 0.5) is 11.5 Å². The number of aromatic nitrogens is 1. The van der Waals surface area contributed by atoms with Crippen LogP contribution < -0.4 is 16.6 Å². The van der Waals surface area contributed by atoms with Gasteiger partial charge >= 0.3 is 0 Å². The number of nitrogens with two attached hydrogens (primary N) is 1. The first-order chi connectivity index (χ1) is 9.11. The number of nitrogens with zero attached hydrogens (tertiary/aromatic N) is 1. The second-order valence-electron chi connectivity index (χ2n) is 3.94. The number of hydrazine groups is 1. The Morgan fingerprint density at radius 2 is 2.11 bits per heavy atom. The van der Waals surface area contributed by atoms with E-state index in [0.29, 0.717) is 11.4 Å². The Labute approximate surface area is 119 Å². The van der Waals surface area contributed by atoms with Gasteiger partial charge in [-0.2, -0.15) is 0 Å². The number of carbonyl (C=O) groups is 1. The van der Waals surface area contributed by atoms with Crippen LogP contribution in [0.3, 0.4) is 0 Å². The summed E-state index contributed by atoms with van der Waals surface area (Å²) in [6.45, 7) is 1.93. The van der Waals surface area contributed by atoms with Crippen molar-refractivity contribution in [3.8, 4) is 0 Å². The van der Waals surface area contributed by atoms with E-state index in [0.717, 1.165) is 15.7 Å². The topological polar surface area (TPSA) is 80.0 Å². The lowest BCUT2D eigenvalue weighted by atomic mass is 10.2. The molecule has 1 heterocycles. The molecule has 6 heteroatoms. The molecule has 4 N–H and O–H groups in total. The number of carbonyl (C=O) groups excluding carboxylic acids is 1. The van der Waals surface area contributed by atoms with Gasteiger partial charge in [-0.25, -0.2) is 10.8 Å². The molecular formula is C13H13BrN4O. The second kappa shape index (κ2) is 5.81. The molecule has 0 aliphatic rings. The average molecular weight is 321 g/mol. The Bertz CT molecular complexity index is 598. The number of hydrogen-bond acceptors (Lipinski definition) is 4. The number of benzene rings is 1. The maximum Gasteiger partial charge on any atom is 0.257 e. The molecule has 0 aliphatic heterocycles. The number of hydrogen-bond donors (Lipinski definition) is 3. The highest BCUT2D eigenvalue weighted by Gasteiger charge is 2.09. The number of rotatable bonds is 3. The first-order valence-corrected chi connectivity index (χ1v) is 6.40. The quantitative estimate of drug-likeness (QED) is 0.600. The van der Waals surface area contributed by atoms with Crippen LogP contribution >= 0.6 is 15.9 Å². The molecule has 0 aliphatic carbocycles. The minimum atomic E-state index is -0.211. The van der Waals surface area contributed by atoms with Gasteiger partial charge in [0.05, 0.1) is 5.56 Å². The maximum absolute atomic E-state index is 12.1. The summed E-state index contributed by atoms with van der Waals surface area (Å²) in [7, 11) is 0. The Morgan fingerprint density at radius 3 is 2.74 bits per heavy atom. The number of halogens is 1. The molecule has 19 heavy (non-hydrogen) atoms. The summed E-state index contributed by atoms with van der Waals surface area (Å²) in [5, 5.41) is 2.84. The van der Waals surface area contributed by atoms with Gasteiger partial charge in [-0.05, 0) is 36.8 Å². The average Bonchev–Trinajstić information content (AvgIpc) is 2.44. The van der Waals surface area contributed by atoms with Gasteiger partial charge in [0, 0.05) is 16.4 Å². The zero-order valence-electron chi connectivity index (χ0n) is 10.3. The van der Waals surface area contributed by atoms with Crippen molar-refractivity contribution in [3.05, 3.63) is 52.1 Å². The van der Waals surface area contributed by atoms with Crippen LogP contribution in [-0.4, -0.2) is 10.9 Å². The fraction of sp³-hybridized carbons (Fsp3) is 0.0769. The van der Waals surface area contributed by atoms with Crippen LogP contribution in [0.25, 0.3) is 0 Å². The third-order valence-corrected chi connectivity index (χ3v) is 3.55. The maximum atomic E-state index is 12.1. The predicted octanol–water partition coefficient (Wildman–Crippen LogP) is 2.69. The largest absolute Gasteiger partial charge is 0.322 e. The lowest BCUT2D eigenvalue weighted by Gasteiger charge is -2.09. The molecule has 1 aromatic carbocycles. The summed E-state index contributed by atoms with van der Waals surface area (Å²) in [6, 6.07) is 8.94. The molecule has 2 rings (SSSR count). The number of nitrogen functional groups attached to an aromatic ring is 1. The standard InChI is InChI=1S/C13H13BrN4O/c1-8-10(14)3-2-4-11(8)17-13(19)9-5-6-12(18-15)16-7-9/h2-7H,15H2,1H3,(H,16,18)(H,17,19). The van der Waals surface area contributed by atoms with Crippen molar-refractivity contribution in [1.29, 1.82) is 0 Å². The van der Waals surface area contributed by atoms with Crippen LogP contribution in [0.15, 0.2) is 41.0 Å². The van der Waals surface area contributed by atoms with Gasteiger partial charge in [0.1, 0.15) is 5.82 Å². The lowest BCUT2D eigenvalue weighted by molar-refractivity contribution is 0.102. The molecular weight excluding hydrogens is 308 g/mol. The minimum Gasteiger partial charge on any atom is -0.322 e. The Kier molecular flexibility index (Phi) is 4.13. The highest BCUT2D eigenvalue weighted by atomic mass is 79.9. The fourth-order valence-electron chi connectivity index (χ4n) is 1.55. The third kappa shape index (κ3) is 3.10. The number of nitrogens with one attached hydrogen (secondary N) is 2. The third-order valence-electron chi connectivity index (χ3n) is 2.69. The number of amides is 1. The normalized spacial score (nSPS) is 10.1. The van der Waals surface area contributed by atoms with Gasteiger partial charge in [-0.3, -0.25) is 4.79 Å². The van der Waals surface area contributed by atoms with Crippen molar-refractivity contribution in [2.45, 2.75) is 6.92 Å². The second-order valence-corrected chi connectivity index (χ2v) is 4.80. The summed E-state index contributed by atoms with van der Waals surface area (Å²) in [5.41, 5.74) is 4.62. The van der Waals surface area contributed by atoms with Crippen LogP contribution in [0.1, 0.15) is 15.9 Å². The van der Waals surface area contributed by atoms with Gasteiger partial charge in [-0.15, -0.1) is 0 Å². The zero-order chi connectivity index (χ0) is 13.8. The van der Waals surface area contributed by atoms with E-state index in [1.165, 1.54) is 6.20 Å². The molecule has 0 radical (unpaired) electrons. The molecule has 0 unspecified atom stereocenters. The van der Waals surface area contributed by atoms with Gasteiger partial charge in [0.15, 0.2) is 0 Å². The van der Waals surface area contributed by atoms with Crippen LogP contribution in [-0.2, 0) is 0 Å². The Hall–Kier alpha value is -1.92. The molecule has 98 valence electrons. The highest BCUT2D eigenvalue weighted by Crippen LogP contribution is 2.23. The van der Waals surface area contributed by atoms with Crippen molar-refractivity contribution in [2.75, 3.05) is 10.7 Å². The molecule has 1 amide bonds. The molecule has 5 nitrogen and oxygen atoms in total. The Balaban J connectivity index is 2.18. The van der Waals surface area contributed by atoms with E-state index in [1.54, 1.807) is 12.1 Å². The van der Waals surface area contributed by atoms with Crippen LogP contribution in [0, 0.1) is 6.92 Å². The van der Waals surface area contributed by atoms with Crippen molar-refractivity contribution in [1.82, 2.24) is 4.98 Å². The first kappa shape index (κ1) is 13.5. The monoisotopic (exact) mass is 320 g/mol. The SMILES string of the molecule is Cc1c(Br)cccc1NC(=O)c1ccc(NN)nc1. The molecule has 0 saturated heterocycles. The van der Waals surface area contributed by atoms with Crippen LogP contribution in [0.5, 0.6) is 0 Å². The summed E-state index contributed by atoms with van der Waals surface area (Å²) in [4.78, 5) is 16.1. The summed E-state index contributed by atoms with van der Waals surface area (Å²) < 4.78 is 0.950. The molecule has 2 aromatic rings. The molecule has 0 spiro atoms. The van der Waals surface area contributed by atoms with Crippen LogP contribution in [0.2, 0.25) is 0 Å². The van der Waals surface area contributed by atoms with E-state index in [-0.39, 0.29) is 5.91 Å². The molecule has 1 aromatic heterocycles. The van der Waals surface area contributed by atoms with E-state index in [1.807, 2.05) is 25.1 Å². The van der Waals surface area contributed by atoms with Crippen molar-refractivity contribution < 1.29 is 4.79 Å². The van der Waals surface area contributed by atoms with Gasteiger partial charge in [-0.1, -0.05) is 22.0 Å². The predicted molar refractivity (Wildman–Crippen MR) is 78.9 cm³/mol. The Morgan fingerprint density at radius 1 is 1.32 bits per heavy atom. The smallest absolute Gasteiger partial charge is 0.257 e. The van der Waals surface area contributed by atoms with Crippen molar-refractivity contribution >= 4 is 33.3 Å². The molecule has 0 atom stereocenters. The van der Waals surface area contributed by atoms with Crippen molar-refractivity contribution in [3.63, 3.8) is 0 Å².